The van der Waals surface area contributed by atoms with Crippen LogP contribution in [0.1, 0.15) is 5.56 Å². The summed E-state index contributed by atoms with van der Waals surface area (Å²) in [6, 6.07) is 22.7. The van der Waals surface area contributed by atoms with Crippen LogP contribution in [0.25, 0.3) is 0 Å². The first-order valence-electron chi connectivity index (χ1n) is 10.1. The first kappa shape index (κ1) is 22.2. The Morgan fingerprint density at radius 2 is 1.27 bits per heavy atom. The van der Waals surface area contributed by atoms with Crippen molar-refractivity contribution in [2.75, 3.05) is 24.9 Å². The Morgan fingerprint density at radius 3 is 1.79 bits per heavy atom. The van der Waals surface area contributed by atoms with Gasteiger partial charge in [-0.25, -0.2) is 0 Å². The van der Waals surface area contributed by atoms with Gasteiger partial charge in [0.05, 0.1) is 19.1 Å². The Balaban J connectivity index is 1.72. The highest BCUT2D eigenvalue weighted by molar-refractivity contribution is 7.90. The highest BCUT2D eigenvalue weighted by Gasteiger charge is 2.23. The van der Waals surface area contributed by atoms with Crippen LogP contribution < -0.4 is 20.1 Å². The molecular weight excluding hydrogens is 440 g/mol. The molecule has 4 aromatic rings. The van der Waals surface area contributed by atoms with Crippen molar-refractivity contribution in [3.05, 3.63) is 84.4 Å². The summed E-state index contributed by atoms with van der Waals surface area (Å²) in [7, 11) is -0.763. The highest BCUT2D eigenvalue weighted by Crippen LogP contribution is 2.28. The topological polar surface area (TPSA) is 94.5 Å². The molecule has 3 aromatic carbocycles. The van der Waals surface area contributed by atoms with E-state index in [1.807, 2.05) is 19.1 Å². The third kappa shape index (κ3) is 4.93. The highest BCUT2D eigenvalue weighted by atomic mass is 32.2. The number of anilines is 4. The SMILES string of the molecule is COc1ccc(Nc2cc(Nc3ccc(OC)cc3)n(S(=O)(=O)c3ccc(C)cc3)n2)cc1. The third-order valence-electron chi connectivity index (χ3n) is 4.95. The number of aromatic nitrogens is 2. The molecular formula is C24H24N4O4S. The van der Waals surface area contributed by atoms with Gasteiger partial charge in [0.1, 0.15) is 17.3 Å². The Hall–Kier alpha value is -3.98. The van der Waals surface area contributed by atoms with Crippen LogP contribution in [0.5, 0.6) is 11.5 Å². The van der Waals surface area contributed by atoms with Crippen molar-refractivity contribution in [1.82, 2.24) is 9.19 Å². The van der Waals surface area contributed by atoms with Gasteiger partial charge in [0.25, 0.3) is 10.0 Å². The molecule has 0 amide bonds. The smallest absolute Gasteiger partial charge is 0.284 e. The normalized spacial score (nSPS) is 11.1. The lowest BCUT2D eigenvalue weighted by Crippen LogP contribution is -2.17. The molecule has 0 bridgehead atoms. The van der Waals surface area contributed by atoms with Gasteiger partial charge in [-0.1, -0.05) is 17.7 Å². The summed E-state index contributed by atoms with van der Waals surface area (Å²) in [6.45, 7) is 1.90. The summed E-state index contributed by atoms with van der Waals surface area (Å²) in [4.78, 5) is 0.143. The van der Waals surface area contributed by atoms with E-state index in [4.69, 9.17) is 9.47 Å². The van der Waals surface area contributed by atoms with E-state index in [1.165, 1.54) is 0 Å². The van der Waals surface area contributed by atoms with Crippen LogP contribution in [-0.4, -0.2) is 31.8 Å². The van der Waals surface area contributed by atoms with Crippen molar-refractivity contribution in [2.24, 2.45) is 0 Å². The molecule has 9 heteroatoms. The average molecular weight is 465 g/mol. The molecule has 0 aliphatic heterocycles. The number of hydrogen-bond donors (Lipinski definition) is 2. The minimum atomic E-state index is -3.94. The fourth-order valence-electron chi connectivity index (χ4n) is 3.15. The predicted molar refractivity (Wildman–Crippen MR) is 129 cm³/mol. The second-order valence-corrected chi connectivity index (χ2v) is 9.05. The lowest BCUT2D eigenvalue weighted by atomic mass is 10.2. The molecule has 4 rings (SSSR count). The number of hydrogen-bond acceptors (Lipinski definition) is 7. The van der Waals surface area contributed by atoms with E-state index < -0.39 is 10.0 Å². The van der Waals surface area contributed by atoms with Gasteiger partial charge in [-0.05, 0) is 67.6 Å². The molecule has 0 spiro atoms. The van der Waals surface area contributed by atoms with Gasteiger partial charge in [-0.3, -0.25) is 0 Å². The molecule has 0 radical (unpaired) electrons. The molecule has 0 aliphatic carbocycles. The fourth-order valence-corrected chi connectivity index (χ4v) is 4.38. The van der Waals surface area contributed by atoms with Gasteiger partial charge >= 0.3 is 0 Å². The van der Waals surface area contributed by atoms with Crippen molar-refractivity contribution in [3.8, 4) is 11.5 Å². The molecule has 0 saturated carbocycles. The first-order valence-corrected chi connectivity index (χ1v) is 11.6. The van der Waals surface area contributed by atoms with Crippen molar-refractivity contribution in [2.45, 2.75) is 11.8 Å². The van der Waals surface area contributed by atoms with Gasteiger partial charge in [-0.15, -0.1) is 9.19 Å². The molecule has 2 N–H and O–H groups in total. The molecule has 0 saturated heterocycles. The molecule has 33 heavy (non-hydrogen) atoms. The largest absolute Gasteiger partial charge is 0.497 e. The quantitative estimate of drug-likeness (QED) is 0.382. The third-order valence-corrected chi connectivity index (χ3v) is 6.55. The molecule has 0 atom stereocenters. The Kier molecular flexibility index (Phi) is 6.23. The molecule has 1 heterocycles. The number of methoxy groups -OCH3 is 2. The summed E-state index contributed by atoms with van der Waals surface area (Å²) < 4.78 is 38.2. The van der Waals surface area contributed by atoms with E-state index in [0.29, 0.717) is 17.3 Å². The molecule has 1 aromatic heterocycles. The maximum absolute atomic E-state index is 13.4. The lowest BCUT2D eigenvalue weighted by Gasteiger charge is -2.11. The van der Waals surface area contributed by atoms with Crippen LogP contribution in [-0.2, 0) is 10.0 Å². The second-order valence-electron chi connectivity index (χ2n) is 7.28. The summed E-state index contributed by atoms with van der Waals surface area (Å²) in [5.41, 5.74) is 2.39. The first-order chi connectivity index (χ1) is 15.9. The number of benzene rings is 3. The summed E-state index contributed by atoms with van der Waals surface area (Å²) in [5.74, 6) is 2.07. The molecule has 0 unspecified atom stereocenters. The Labute approximate surface area is 192 Å². The molecule has 8 nitrogen and oxygen atoms in total. The van der Waals surface area contributed by atoms with Crippen molar-refractivity contribution < 1.29 is 17.9 Å². The second kappa shape index (κ2) is 9.25. The van der Waals surface area contributed by atoms with Crippen LogP contribution in [0.3, 0.4) is 0 Å². The monoisotopic (exact) mass is 464 g/mol. The van der Waals surface area contributed by atoms with Crippen LogP contribution in [0.15, 0.2) is 83.8 Å². The van der Waals surface area contributed by atoms with Gasteiger partial charge < -0.3 is 20.1 Å². The standard InChI is InChI=1S/C24H24N4O4S/c1-17-4-14-22(15-5-17)33(29,30)28-24(26-19-8-12-21(32-3)13-9-19)16-23(27-28)25-18-6-10-20(31-2)11-7-18/h4-16,26H,1-3H3,(H,25,27). The minimum Gasteiger partial charge on any atom is -0.497 e. The van der Waals surface area contributed by atoms with E-state index in [9.17, 15) is 8.42 Å². The average Bonchev–Trinajstić information content (AvgIpc) is 3.23. The molecule has 0 aliphatic rings. The molecule has 0 fully saturated rings. The maximum atomic E-state index is 13.4. The number of nitrogens with zero attached hydrogens (tertiary/aromatic N) is 2. The van der Waals surface area contributed by atoms with E-state index in [-0.39, 0.29) is 10.7 Å². The van der Waals surface area contributed by atoms with Crippen molar-refractivity contribution >= 4 is 33.0 Å². The van der Waals surface area contributed by atoms with E-state index in [0.717, 1.165) is 21.1 Å². The lowest BCUT2D eigenvalue weighted by molar-refractivity contribution is 0.415. The zero-order valence-electron chi connectivity index (χ0n) is 18.4. The zero-order valence-corrected chi connectivity index (χ0v) is 19.3. The van der Waals surface area contributed by atoms with Crippen LogP contribution in [0.4, 0.5) is 23.0 Å². The van der Waals surface area contributed by atoms with Crippen LogP contribution in [0, 0.1) is 6.92 Å². The summed E-state index contributed by atoms with van der Waals surface area (Å²) in [6.07, 6.45) is 0. The van der Waals surface area contributed by atoms with Crippen LogP contribution in [0.2, 0.25) is 0 Å². The van der Waals surface area contributed by atoms with Crippen molar-refractivity contribution in [3.63, 3.8) is 0 Å². The zero-order chi connectivity index (χ0) is 23.4. The predicted octanol–water partition coefficient (Wildman–Crippen LogP) is 4.93. The van der Waals surface area contributed by atoms with E-state index in [1.54, 1.807) is 80.9 Å². The Morgan fingerprint density at radius 1 is 0.758 bits per heavy atom. The van der Waals surface area contributed by atoms with Crippen molar-refractivity contribution in [1.29, 1.82) is 0 Å². The summed E-state index contributed by atoms with van der Waals surface area (Å²) >= 11 is 0. The van der Waals surface area contributed by atoms with Crippen LogP contribution >= 0.6 is 0 Å². The molecule has 170 valence electrons. The number of ether oxygens (including phenoxy) is 2. The maximum Gasteiger partial charge on any atom is 0.284 e. The van der Waals surface area contributed by atoms with Gasteiger partial charge in [0.15, 0.2) is 5.82 Å². The van der Waals surface area contributed by atoms with E-state index >= 15 is 0 Å². The van der Waals surface area contributed by atoms with Gasteiger partial charge in [-0.2, -0.15) is 8.42 Å². The number of aryl methyl sites for hydroxylation is 1. The minimum absolute atomic E-state index is 0.143. The van der Waals surface area contributed by atoms with Gasteiger partial charge in [0, 0.05) is 17.4 Å². The number of rotatable bonds is 8. The number of nitrogens with one attached hydrogen (secondary N) is 2. The fraction of sp³-hybridized carbons (Fsp3) is 0.125. The van der Waals surface area contributed by atoms with E-state index in [2.05, 4.69) is 15.7 Å². The van der Waals surface area contributed by atoms with Gasteiger partial charge in [0.2, 0.25) is 0 Å². The summed E-state index contributed by atoms with van der Waals surface area (Å²) in [5, 5.41) is 10.6. The Bertz CT molecular complexity index is 1330.